The lowest BCUT2D eigenvalue weighted by Crippen LogP contribution is -2.44. The van der Waals surface area contributed by atoms with Crippen LogP contribution in [0.15, 0.2) is 23.1 Å². The number of benzene rings is 1. The van der Waals surface area contributed by atoms with Crippen molar-refractivity contribution in [3.63, 3.8) is 0 Å². The molecule has 1 heterocycles. The van der Waals surface area contributed by atoms with Crippen LogP contribution in [0.2, 0.25) is 10.0 Å². The smallest absolute Gasteiger partial charge is 0.244 e. The van der Waals surface area contributed by atoms with Crippen LogP contribution in [0.5, 0.6) is 0 Å². The molecule has 1 aliphatic heterocycles. The number of hydrogen-bond donors (Lipinski definition) is 1. The molecule has 120 valence electrons. The Morgan fingerprint density at radius 1 is 1.29 bits per heavy atom. The third kappa shape index (κ3) is 4.03. The van der Waals surface area contributed by atoms with Crippen molar-refractivity contribution in [2.24, 2.45) is 5.73 Å². The van der Waals surface area contributed by atoms with E-state index < -0.39 is 10.0 Å². The molecule has 0 spiro atoms. The second-order valence-corrected chi connectivity index (χ2v) is 7.54. The first-order valence-electron chi connectivity index (χ1n) is 6.64. The zero-order chi connectivity index (χ0) is 14.8. The van der Waals surface area contributed by atoms with Gasteiger partial charge in [0, 0.05) is 12.6 Å². The first-order valence-corrected chi connectivity index (χ1v) is 8.84. The van der Waals surface area contributed by atoms with E-state index in [1.54, 1.807) is 12.1 Å². The first-order chi connectivity index (χ1) is 9.48. The van der Waals surface area contributed by atoms with E-state index in [0.29, 0.717) is 19.5 Å². The Hall–Kier alpha value is -0.0400. The Bertz CT molecular complexity index is 579. The summed E-state index contributed by atoms with van der Waals surface area (Å²) in [7, 11) is -3.63. The molecule has 0 bridgehead atoms. The van der Waals surface area contributed by atoms with Crippen molar-refractivity contribution in [1.82, 2.24) is 4.31 Å². The second-order valence-electron chi connectivity index (χ2n) is 4.89. The molecule has 1 fully saturated rings. The van der Waals surface area contributed by atoms with Crippen molar-refractivity contribution in [3.8, 4) is 0 Å². The largest absolute Gasteiger partial charge is 0.330 e. The van der Waals surface area contributed by atoms with Crippen molar-refractivity contribution in [2.45, 2.75) is 36.6 Å². The van der Waals surface area contributed by atoms with Crippen LogP contribution in [-0.2, 0) is 10.0 Å². The quantitative estimate of drug-likeness (QED) is 0.880. The minimum Gasteiger partial charge on any atom is -0.330 e. The average molecular weight is 374 g/mol. The summed E-state index contributed by atoms with van der Waals surface area (Å²) in [6, 6.07) is 4.63. The number of sulfonamides is 1. The number of rotatable bonds is 4. The predicted octanol–water partition coefficient (Wildman–Crippen LogP) is 3.31. The number of nitrogens with two attached hydrogens (primary N) is 1. The fraction of sp³-hybridized carbons (Fsp3) is 0.538. The Kier molecular flexibility index (Phi) is 7.24. The number of hydrogen-bond acceptors (Lipinski definition) is 3. The van der Waals surface area contributed by atoms with E-state index in [4.69, 9.17) is 28.9 Å². The van der Waals surface area contributed by atoms with Gasteiger partial charge in [0.05, 0.1) is 10.0 Å². The third-order valence-corrected chi connectivity index (χ3v) is 6.50. The summed E-state index contributed by atoms with van der Waals surface area (Å²) in [5.41, 5.74) is 5.59. The highest BCUT2D eigenvalue weighted by atomic mass is 35.5. The molecule has 0 saturated carbocycles. The van der Waals surface area contributed by atoms with Gasteiger partial charge in [-0.25, -0.2) is 8.42 Å². The van der Waals surface area contributed by atoms with Crippen LogP contribution < -0.4 is 5.73 Å². The summed E-state index contributed by atoms with van der Waals surface area (Å²) in [6.45, 7) is 0.982. The van der Waals surface area contributed by atoms with Gasteiger partial charge in [0.2, 0.25) is 10.0 Å². The van der Waals surface area contributed by atoms with Crippen molar-refractivity contribution < 1.29 is 8.42 Å². The molecule has 1 unspecified atom stereocenters. The summed E-state index contributed by atoms with van der Waals surface area (Å²) < 4.78 is 27.1. The van der Waals surface area contributed by atoms with Gasteiger partial charge >= 0.3 is 0 Å². The van der Waals surface area contributed by atoms with Crippen LogP contribution >= 0.6 is 35.6 Å². The molecular weight excluding hydrogens is 355 g/mol. The van der Waals surface area contributed by atoms with Gasteiger partial charge in [-0.3, -0.25) is 0 Å². The van der Waals surface area contributed by atoms with E-state index in [0.717, 1.165) is 19.3 Å². The molecule has 1 aliphatic rings. The van der Waals surface area contributed by atoms with E-state index in [1.165, 1.54) is 10.4 Å². The normalized spacial score (nSPS) is 20.0. The van der Waals surface area contributed by atoms with Gasteiger partial charge in [0.25, 0.3) is 0 Å². The summed E-state index contributed by atoms with van der Waals surface area (Å²) in [4.78, 5) is 0.0792. The fourth-order valence-corrected chi connectivity index (χ4v) is 5.04. The topological polar surface area (TPSA) is 63.4 Å². The van der Waals surface area contributed by atoms with Crippen LogP contribution in [-0.4, -0.2) is 31.9 Å². The monoisotopic (exact) mass is 372 g/mol. The number of halogens is 3. The number of piperidine rings is 1. The van der Waals surface area contributed by atoms with Gasteiger partial charge in [-0.2, -0.15) is 4.31 Å². The summed E-state index contributed by atoms with van der Waals surface area (Å²) in [6.07, 6.45) is 3.39. The predicted molar refractivity (Wildman–Crippen MR) is 88.9 cm³/mol. The molecule has 0 aliphatic carbocycles. The minimum absolute atomic E-state index is 0. The third-order valence-electron chi connectivity index (χ3n) is 3.58. The van der Waals surface area contributed by atoms with Crippen LogP contribution in [0.3, 0.4) is 0 Å². The van der Waals surface area contributed by atoms with E-state index >= 15 is 0 Å². The molecule has 1 saturated heterocycles. The summed E-state index contributed by atoms with van der Waals surface area (Å²) >= 11 is 12.0. The Balaban J connectivity index is 0.00000220. The van der Waals surface area contributed by atoms with Gasteiger partial charge in [0.15, 0.2) is 0 Å². The molecule has 8 heteroatoms. The molecule has 1 aromatic rings. The highest BCUT2D eigenvalue weighted by molar-refractivity contribution is 7.89. The molecule has 2 N–H and O–H groups in total. The van der Waals surface area contributed by atoms with Gasteiger partial charge < -0.3 is 5.73 Å². The van der Waals surface area contributed by atoms with E-state index in [-0.39, 0.29) is 33.4 Å². The van der Waals surface area contributed by atoms with Crippen LogP contribution in [0.25, 0.3) is 0 Å². The standard InChI is InChI=1S/C13H18Cl2N2O2S.ClH/c14-11-5-3-6-12(13(11)15)20(18,19)17-9-2-1-4-10(17)7-8-16;/h3,5-6,10H,1-2,4,7-9,16H2;1H. The van der Waals surface area contributed by atoms with Crippen LogP contribution in [0.4, 0.5) is 0 Å². The van der Waals surface area contributed by atoms with Crippen molar-refractivity contribution in [1.29, 1.82) is 0 Å². The van der Waals surface area contributed by atoms with E-state index in [1.807, 2.05) is 0 Å². The zero-order valence-corrected chi connectivity index (χ0v) is 14.6. The molecule has 0 radical (unpaired) electrons. The van der Waals surface area contributed by atoms with Crippen LogP contribution in [0.1, 0.15) is 25.7 Å². The molecule has 4 nitrogen and oxygen atoms in total. The molecule has 21 heavy (non-hydrogen) atoms. The maximum absolute atomic E-state index is 12.8. The molecule has 2 rings (SSSR count). The number of nitrogens with zero attached hydrogens (tertiary/aromatic N) is 1. The highest BCUT2D eigenvalue weighted by Gasteiger charge is 2.34. The fourth-order valence-electron chi connectivity index (χ4n) is 2.58. The van der Waals surface area contributed by atoms with Crippen molar-refractivity contribution in [2.75, 3.05) is 13.1 Å². The van der Waals surface area contributed by atoms with E-state index in [2.05, 4.69) is 0 Å². The second kappa shape index (κ2) is 7.99. The van der Waals surface area contributed by atoms with Gasteiger partial charge in [-0.05, 0) is 37.9 Å². The molecular formula is C13H19Cl3N2O2S. The summed E-state index contributed by atoms with van der Waals surface area (Å²) in [5.74, 6) is 0. The van der Waals surface area contributed by atoms with Gasteiger partial charge in [-0.15, -0.1) is 12.4 Å². The van der Waals surface area contributed by atoms with E-state index in [9.17, 15) is 8.42 Å². The van der Waals surface area contributed by atoms with Crippen molar-refractivity contribution in [3.05, 3.63) is 28.2 Å². The Morgan fingerprint density at radius 2 is 2.00 bits per heavy atom. The zero-order valence-electron chi connectivity index (χ0n) is 11.5. The van der Waals surface area contributed by atoms with Crippen molar-refractivity contribution >= 4 is 45.6 Å². The van der Waals surface area contributed by atoms with Crippen LogP contribution in [0, 0.1) is 0 Å². The lowest BCUT2D eigenvalue weighted by molar-refractivity contribution is 0.243. The first kappa shape index (κ1) is 19.0. The Morgan fingerprint density at radius 3 is 2.67 bits per heavy atom. The lowest BCUT2D eigenvalue weighted by Gasteiger charge is -2.34. The average Bonchev–Trinajstić information content (AvgIpc) is 2.42. The minimum atomic E-state index is -3.63. The van der Waals surface area contributed by atoms with Gasteiger partial charge in [0.1, 0.15) is 4.90 Å². The molecule has 1 aromatic carbocycles. The molecule has 0 aromatic heterocycles. The Labute approximate surface area is 142 Å². The maximum Gasteiger partial charge on any atom is 0.244 e. The summed E-state index contributed by atoms with van der Waals surface area (Å²) in [5, 5.41) is 0.339. The van der Waals surface area contributed by atoms with Gasteiger partial charge in [-0.1, -0.05) is 35.7 Å². The molecule has 0 amide bonds. The maximum atomic E-state index is 12.8. The highest BCUT2D eigenvalue weighted by Crippen LogP contribution is 2.33. The molecule has 1 atom stereocenters. The SMILES string of the molecule is Cl.NCCC1CCCCN1S(=O)(=O)c1cccc(Cl)c1Cl. The lowest BCUT2D eigenvalue weighted by atomic mass is 10.0.